The van der Waals surface area contributed by atoms with Gasteiger partial charge in [-0.2, -0.15) is 0 Å². The number of benzene rings is 1. The van der Waals surface area contributed by atoms with Crippen LogP contribution in [0.5, 0.6) is 0 Å². The molecule has 0 bridgehead atoms. The van der Waals surface area contributed by atoms with Crippen molar-refractivity contribution < 1.29 is 8.78 Å². The number of halogens is 2. The Morgan fingerprint density at radius 1 is 1.19 bits per heavy atom. The van der Waals surface area contributed by atoms with E-state index in [9.17, 15) is 8.78 Å². The fraction of sp³-hybridized carbons (Fsp3) is 0. The molecule has 0 radical (unpaired) electrons. The first-order chi connectivity index (χ1) is 7.68. The number of hydrogen-bond donors (Lipinski definition) is 1. The number of aromatic nitrogens is 2. The minimum absolute atomic E-state index is 0.0405. The van der Waals surface area contributed by atoms with Crippen molar-refractivity contribution >= 4 is 17.4 Å². The minimum atomic E-state index is -0.955. The molecule has 82 valence electrons. The van der Waals surface area contributed by atoms with E-state index in [-0.39, 0.29) is 10.6 Å². The number of anilines is 1. The second-order valence-corrected chi connectivity index (χ2v) is 3.96. The lowest BCUT2D eigenvalue weighted by molar-refractivity contribution is 0.492. The highest BCUT2D eigenvalue weighted by Gasteiger charge is 2.13. The number of nitrogens with two attached hydrogens (primary N) is 1. The first-order valence-electron chi connectivity index (χ1n) is 4.36. The van der Waals surface area contributed by atoms with Crippen molar-refractivity contribution in [2.24, 2.45) is 0 Å². The molecule has 1 aromatic carbocycles. The SMILES string of the molecule is Nc1ccc(F)c(F)c1Sc1ccncn1. The summed E-state index contributed by atoms with van der Waals surface area (Å²) < 4.78 is 26.4. The molecular weight excluding hydrogens is 232 g/mol. The zero-order chi connectivity index (χ0) is 11.5. The Balaban J connectivity index is 2.38. The van der Waals surface area contributed by atoms with Crippen molar-refractivity contribution in [1.82, 2.24) is 9.97 Å². The normalized spacial score (nSPS) is 10.4. The van der Waals surface area contributed by atoms with Gasteiger partial charge in [-0.25, -0.2) is 18.7 Å². The molecule has 0 aliphatic heterocycles. The first kappa shape index (κ1) is 10.8. The summed E-state index contributed by atoms with van der Waals surface area (Å²) in [7, 11) is 0. The zero-order valence-electron chi connectivity index (χ0n) is 8.02. The summed E-state index contributed by atoms with van der Waals surface area (Å²) in [5, 5.41) is 0.506. The molecule has 2 aromatic rings. The molecule has 1 aromatic heterocycles. The average Bonchev–Trinajstić information content (AvgIpc) is 2.31. The molecule has 0 aliphatic carbocycles. The highest BCUT2D eigenvalue weighted by atomic mass is 32.2. The van der Waals surface area contributed by atoms with Crippen LogP contribution >= 0.6 is 11.8 Å². The van der Waals surface area contributed by atoms with Crippen molar-refractivity contribution in [2.45, 2.75) is 9.92 Å². The Morgan fingerprint density at radius 2 is 2.00 bits per heavy atom. The first-order valence-corrected chi connectivity index (χ1v) is 5.17. The number of nitrogens with zero attached hydrogens (tertiary/aromatic N) is 2. The molecule has 0 saturated carbocycles. The van der Waals surface area contributed by atoms with Crippen LogP contribution in [0.25, 0.3) is 0 Å². The van der Waals surface area contributed by atoms with Crippen LogP contribution in [-0.4, -0.2) is 9.97 Å². The molecule has 0 spiro atoms. The van der Waals surface area contributed by atoms with Gasteiger partial charge in [-0.3, -0.25) is 0 Å². The summed E-state index contributed by atoms with van der Waals surface area (Å²) in [5.41, 5.74) is 5.75. The highest BCUT2D eigenvalue weighted by molar-refractivity contribution is 7.99. The van der Waals surface area contributed by atoms with Crippen molar-refractivity contribution in [3.8, 4) is 0 Å². The molecule has 0 saturated heterocycles. The molecule has 0 atom stereocenters. The summed E-state index contributed by atoms with van der Waals surface area (Å²) in [6, 6.07) is 3.91. The predicted molar refractivity (Wildman–Crippen MR) is 56.9 cm³/mol. The van der Waals surface area contributed by atoms with Crippen molar-refractivity contribution in [3.63, 3.8) is 0 Å². The van der Waals surface area contributed by atoms with Crippen molar-refractivity contribution in [3.05, 3.63) is 42.4 Å². The smallest absolute Gasteiger partial charge is 0.174 e. The van der Waals surface area contributed by atoms with Gasteiger partial charge in [-0.15, -0.1) is 0 Å². The third-order valence-electron chi connectivity index (χ3n) is 1.84. The number of hydrogen-bond acceptors (Lipinski definition) is 4. The van der Waals surface area contributed by atoms with Crippen molar-refractivity contribution in [2.75, 3.05) is 5.73 Å². The van der Waals surface area contributed by atoms with Gasteiger partial charge >= 0.3 is 0 Å². The molecule has 2 N–H and O–H groups in total. The maximum absolute atomic E-state index is 13.4. The number of rotatable bonds is 2. The van der Waals surface area contributed by atoms with Gasteiger partial charge < -0.3 is 5.73 Å². The van der Waals surface area contributed by atoms with Crippen LogP contribution in [-0.2, 0) is 0 Å². The third kappa shape index (κ3) is 2.11. The molecule has 6 heteroatoms. The monoisotopic (exact) mass is 239 g/mol. The predicted octanol–water partition coefficient (Wildman–Crippen LogP) is 2.49. The Morgan fingerprint density at radius 3 is 2.69 bits per heavy atom. The lowest BCUT2D eigenvalue weighted by Gasteiger charge is -2.06. The molecule has 1 heterocycles. The zero-order valence-corrected chi connectivity index (χ0v) is 8.84. The molecule has 0 unspecified atom stereocenters. The minimum Gasteiger partial charge on any atom is -0.398 e. The van der Waals surface area contributed by atoms with Gasteiger partial charge in [-0.1, -0.05) is 11.8 Å². The van der Waals surface area contributed by atoms with E-state index in [1.54, 1.807) is 6.07 Å². The fourth-order valence-electron chi connectivity index (χ4n) is 1.09. The maximum atomic E-state index is 13.4. The van der Waals surface area contributed by atoms with E-state index < -0.39 is 11.6 Å². The van der Waals surface area contributed by atoms with Gasteiger partial charge in [0.2, 0.25) is 0 Å². The van der Waals surface area contributed by atoms with Crippen LogP contribution < -0.4 is 5.73 Å². The Labute approximate surface area is 94.7 Å². The summed E-state index contributed by atoms with van der Waals surface area (Å²) >= 11 is 0.964. The van der Waals surface area contributed by atoms with Gasteiger partial charge in [0.1, 0.15) is 11.4 Å². The summed E-state index contributed by atoms with van der Waals surface area (Å²) in [6.07, 6.45) is 2.85. The molecule has 16 heavy (non-hydrogen) atoms. The van der Waals surface area contributed by atoms with Gasteiger partial charge in [0.15, 0.2) is 11.6 Å². The molecule has 3 nitrogen and oxygen atoms in total. The van der Waals surface area contributed by atoms with E-state index in [4.69, 9.17) is 5.73 Å². The van der Waals surface area contributed by atoms with Gasteiger partial charge in [0.25, 0.3) is 0 Å². The van der Waals surface area contributed by atoms with Crippen LogP contribution in [0.2, 0.25) is 0 Å². The Kier molecular flexibility index (Phi) is 3.00. The van der Waals surface area contributed by atoms with Crippen LogP contribution in [0, 0.1) is 11.6 Å². The van der Waals surface area contributed by atoms with Gasteiger partial charge in [0.05, 0.1) is 4.90 Å². The van der Waals surface area contributed by atoms with Gasteiger partial charge in [-0.05, 0) is 18.2 Å². The molecule has 2 rings (SSSR count). The topological polar surface area (TPSA) is 51.8 Å². The second-order valence-electron chi connectivity index (χ2n) is 2.93. The average molecular weight is 239 g/mol. The summed E-state index contributed by atoms with van der Waals surface area (Å²) in [6.45, 7) is 0. The maximum Gasteiger partial charge on any atom is 0.174 e. The van der Waals surface area contributed by atoms with Crippen LogP contribution in [0.15, 0.2) is 40.6 Å². The Hall–Kier alpha value is -1.69. The fourth-order valence-corrected chi connectivity index (χ4v) is 1.91. The molecule has 0 aliphatic rings. The van der Waals surface area contributed by atoms with Crippen LogP contribution in [0.3, 0.4) is 0 Å². The van der Waals surface area contributed by atoms with Gasteiger partial charge in [0, 0.05) is 11.9 Å². The second kappa shape index (κ2) is 4.44. The van der Waals surface area contributed by atoms with Crippen LogP contribution in [0.1, 0.15) is 0 Å². The van der Waals surface area contributed by atoms with E-state index >= 15 is 0 Å². The number of nitrogen functional groups attached to an aromatic ring is 1. The van der Waals surface area contributed by atoms with E-state index in [1.165, 1.54) is 18.6 Å². The largest absolute Gasteiger partial charge is 0.398 e. The van der Waals surface area contributed by atoms with Crippen LogP contribution in [0.4, 0.5) is 14.5 Å². The van der Waals surface area contributed by atoms with E-state index in [0.717, 1.165) is 17.8 Å². The third-order valence-corrected chi connectivity index (χ3v) is 2.91. The lowest BCUT2D eigenvalue weighted by Crippen LogP contribution is -1.95. The quantitative estimate of drug-likeness (QED) is 0.646. The standard InChI is InChI=1S/C10H7F2N3S/c11-6-1-2-7(13)10(9(6)12)16-8-3-4-14-5-15-8/h1-5H,13H2. The summed E-state index contributed by atoms with van der Waals surface area (Å²) in [4.78, 5) is 7.66. The van der Waals surface area contributed by atoms with E-state index in [1.807, 2.05) is 0 Å². The van der Waals surface area contributed by atoms with E-state index in [2.05, 4.69) is 9.97 Å². The lowest BCUT2D eigenvalue weighted by atomic mass is 10.3. The molecule has 0 fully saturated rings. The highest BCUT2D eigenvalue weighted by Crippen LogP contribution is 2.33. The molecular formula is C10H7F2N3S. The van der Waals surface area contributed by atoms with E-state index in [0.29, 0.717) is 5.03 Å². The van der Waals surface area contributed by atoms with Crippen molar-refractivity contribution in [1.29, 1.82) is 0 Å². The summed E-state index contributed by atoms with van der Waals surface area (Å²) in [5.74, 6) is -1.88. The Bertz CT molecular complexity index is 505. The molecule has 0 amide bonds.